The van der Waals surface area contributed by atoms with Crippen LogP contribution in [-0.4, -0.2) is 34.3 Å². The minimum atomic E-state index is -1.02. The highest BCUT2D eigenvalue weighted by atomic mass is 32.1. The van der Waals surface area contributed by atoms with Gasteiger partial charge in [-0.15, -0.1) is 11.3 Å². The van der Waals surface area contributed by atoms with E-state index < -0.39 is 5.97 Å². The van der Waals surface area contributed by atoms with Crippen molar-refractivity contribution in [3.05, 3.63) is 76.8 Å². The molecule has 0 saturated heterocycles. The van der Waals surface area contributed by atoms with Gasteiger partial charge in [-0.05, 0) is 48.7 Å². The number of nitrogens with zero attached hydrogens (tertiary/aromatic N) is 1. The number of benzene rings is 2. The van der Waals surface area contributed by atoms with Gasteiger partial charge >= 0.3 is 5.97 Å². The van der Waals surface area contributed by atoms with Gasteiger partial charge in [-0.25, -0.2) is 9.78 Å². The molecule has 0 spiro atoms. The smallest absolute Gasteiger partial charge is 0.335 e. The summed E-state index contributed by atoms with van der Waals surface area (Å²) in [6, 6.07) is 13.7. The zero-order chi connectivity index (χ0) is 23.5. The topological polar surface area (TPSA) is 134 Å². The first kappa shape index (κ1) is 22.0. The Morgan fingerprint density at radius 2 is 1.91 bits per heavy atom. The molecule has 0 aliphatic rings. The number of nitrogens with two attached hydrogens (primary N) is 1. The fourth-order valence-electron chi connectivity index (χ4n) is 3.40. The molecule has 4 rings (SSSR count). The number of allylic oxidation sites excluding steroid dienone is 1. The van der Waals surface area contributed by atoms with Crippen molar-refractivity contribution >= 4 is 61.5 Å². The maximum Gasteiger partial charge on any atom is 0.335 e. The van der Waals surface area contributed by atoms with Gasteiger partial charge in [0, 0.05) is 38.5 Å². The molecule has 2 heterocycles. The number of thiophene rings is 1. The first-order chi connectivity index (χ1) is 15.8. The van der Waals surface area contributed by atoms with E-state index in [2.05, 4.69) is 15.6 Å². The predicted octanol–water partition coefficient (Wildman–Crippen LogP) is 4.05. The molecule has 1 amide bonds. The number of hydrogen-bond donors (Lipinski definition) is 4. The molecule has 0 bridgehead atoms. The number of hydrogen-bond acceptors (Lipinski definition) is 7. The van der Waals surface area contributed by atoms with Gasteiger partial charge in [0.1, 0.15) is 5.82 Å². The molecule has 0 saturated carbocycles. The molecule has 9 heteroatoms. The van der Waals surface area contributed by atoms with Gasteiger partial charge < -0.3 is 21.5 Å². The molecule has 0 radical (unpaired) electrons. The van der Waals surface area contributed by atoms with Crippen LogP contribution in [0.5, 0.6) is 0 Å². The van der Waals surface area contributed by atoms with Crippen LogP contribution < -0.4 is 16.4 Å². The number of carboxylic acid groups (broad SMARTS) is 1. The Labute approximate surface area is 192 Å². The molecule has 0 unspecified atom stereocenters. The maximum absolute atomic E-state index is 12.5. The van der Waals surface area contributed by atoms with Crippen molar-refractivity contribution in [3.8, 4) is 0 Å². The molecular formula is C24H20N4O4S. The Bertz CT molecular complexity index is 1440. The summed E-state index contributed by atoms with van der Waals surface area (Å²) in [4.78, 5) is 39.6. The van der Waals surface area contributed by atoms with Gasteiger partial charge in [-0.1, -0.05) is 12.1 Å². The fraction of sp³-hybridized carbons (Fsp3) is 0.0833. The molecule has 0 aliphatic carbocycles. The number of carbonyl (C=O) groups is 3. The predicted molar refractivity (Wildman–Crippen MR) is 129 cm³/mol. The summed E-state index contributed by atoms with van der Waals surface area (Å²) < 4.78 is 0.987. The third-order valence-corrected chi connectivity index (χ3v) is 5.82. The normalized spacial score (nSPS) is 11.5. The Kier molecular flexibility index (Phi) is 6.05. The highest BCUT2D eigenvalue weighted by molar-refractivity contribution is 7.18. The number of aromatic nitrogens is 1. The van der Waals surface area contributed by atoms with Gasteiger partial charge in [0.2, 0.25) is 0 Å². The van der Waals surface area contributed by atoms with E-state index in [9.17, 15) is 19.5 Å². The van der Waals surface area contributed by atoms with Crippen molar-refractivity contribution in [1.29, 1.82) is 0 Å². The van der Waals surface area contributed by atoms with E-state index in [1.165, 1.54) is 13.0 Å². The van der Waals surface area contributed by atoms with Crippen molar-refractivity contribution < 1.29 is 19.5 Å². The minimum absolute atomic E-state index is 0.0593. The average Bonchev–Trinajstić information content (AvgIpc) is 3.27. The Hall–Kier alpha value is -4.24. The number of ketones is 1. The SMILES string of the molecule is CC(=O)C=C(N)CNC(=O)c1cccc(Nc2nc3cc(C(=O)O)ccc3c3sccc23)c1. The molecule has 2 aromatic carbocycles. The molecule has 0 atom stereocenters. The monoisotopic (exact) mass is 460 g/mol. The second-order valence-electron chi connectivity index (χ2n) is 7.38. The van der Waals surface area contributed by atoms with Crippen LogP contribution in [0.2, 0.25) is 0 Å². The van der Waals surface area contributed by atoms with E-state index in [-0.39, 0.29) is 29.5 Å². The van der Waals surface area contributed by atoms with Crippen LogP contribution in [-0.2, 0) is 4.79 Å². The molecule has 8 nitrogen and oxygen atoms in total. The number of carbonyl (C=O) groups excluding carboxylic acids is 2. The van der Waals surface area contributed by atoms with Crippen LogP contribution >= 0.6 is 11.3 Å². The average molecular weight is 461 g/mol. The highest BCUT2D eigenvalue weighted by Gasteiger charge is 2.13. The van der Waals surface area contributed by atoms with Crippen LogP contribution in [0.3, 0.4) is 0 Å². The molecule has 0 fully saturated rings. The van der Waals surface area contributed by atoms with Crippen LogP contribution in [0.15, 0.2) is 65.7 Å². The Morgan fingerprint density at radius 1 is 1.09 bits per heavy atom. The molecule has 0 aliphatic heterocycles. The number of fused-ring (bicyclic) bond motifs is 3. The lowest BCUT2D eigenvalue weighted by Crippen LogP contribution is -2.28. The summed E-state index contributed by atoms with van der Waals surface area (Å²) in [6.45, 7) is 1.45. The van der Waals surface area contributed by atoms with Crippen molar-refractivity contribution in [1.82, 2.24) is 10.3 Å². The zero-order valence-electron chi connectivity index (χ0n) is 17.6. The van der Waals surface area contributed by atoms with Crippen molar-refractivity contribution in [2.24, 2.45) is 5.73 Å². The molecule has 33 heavy (non-hydrogen) atoms. The van der Waals surface area contributed by atoms with E-state index in [4.69, 9.17) is 5.73 Å². The van der Waals surface area contributed by atoms with Gasteiger partial charge in [0.25, 0.3) is 5.91 Å². The highest BCUT2D eigenvalue weighted by Crippen LogP contribution is 2.35. The molecule has 2 aromatic heterocycles. The first-order valence-electron chi connectivity index (χ1n) is 9.98. The van der Waals surface area contributed by atoms with E-state index >= 15 is 0 Å². The van der Waals surface area contributed by atoms with E-state index in [0.717, 1.165) is 15.5 Å². The summed E-state index contributed by atoms with van der Waals surface area (Å²) in [5.74, 6) is -0.979. The lowest BCUT2D eigenvalue weighted by molar-refractivity contribution is -0.112. The minimum Gasteiger partial charge on any atom is -0.478 e. The van der Waals surface area contributed by atoms with Gasteiger partial charge in [-0.3, -0.25) is 9.59 Å². The number of amides is 1. The third-order valence-electron chi connectivity index (χ3n) is 4.87. The summed E-state index contributed by atoms with van der Waals surface area (Å²) in [5, 5.41) is 19.0. The maximum atomic E-state index is 12.5. The quantitative estimate of drug-likeness (QED) is 0.306. The van der Waals surface area contributed by atoms with E-state index in [1.54, 1.807) is 53.8 Å². The second kappa shape index (κ2) is 9.09. The summed E-state index contributed by atoms with van der Waals surface area (Å²) in [5.41, 5.74) is 7.76. The van der Waals surface area contributed by atoms with E-state index in [1.807, 2.05) is 11.4 Å². The molecular weight excluding hydrogens is 440 g/mol. The number of nitrogens with one attached hydrogen (secondary N) is 2. The van der Waals surface area contributed by atoms with E-state index in [0.29, 0.717) is 22.6 Å². The summed E-state index contributed by atoms with van der Waals surface area (Å²) in [7, 11) is 0. The lowest BCUT2D eigenvalue weighted by Gasteiger charge is -2.11. The summed E-state index contributed by atoms with van der Waals surface area (Å²) in [6.07, 6.45) is 1.27. The number of carboxylic acids is 1. The number of anilines is 2. The molecule has 5 N–H and O–H groups in total. The van der Waals surface area contributed by atoms with Gasteiger partial charge in [0.15, 0.2) is 5.78 Å². The van der Waals surface area contributed by atoms with Crippen LogP contribution in [0.25, 0.3) is 21.0 Å². The fourth-order valence-corrected chi connectivity index (χ4v) is 4.33. The standard InChI is InChI=1S/C24H20N4O4S/c1-13(29)9-16(25)12-26-23(30)14-3-2-4-17(10-14)27-22-19-7-8-33-21(19)18-6-5-15(24(31)32)11-20(18)28-22/h2-11H,12,25H2,1H3,(H,26,30)(H,27,28)(H,31,32). The first-order valence-corrected chi connectivity index (χ1v) is 10.9. The molecule has 166 valence electrons. The van der Waals surface area contributed by atoms with Crippen molar-refractivity contribution in [2.75, 3.05) is 11.9 Å². The number of aromatic carboxylic acids is 1. The Morgan fingerprint density at radius 3 is 2.67 bits per heavy atom. The van der Waals surface area contributed by atoms with Crippen molar-refractivity contribution in [3.63, 3.8) is 0 Å². The van der Waals surface area contributed by atoms with Gasteiger partial charge in [0.05, 0.1) is 17.6 Å². The Balaban J connectivity index is 1.63. The number of rotatable bonds is 7. The second-order valence-corrected chi connectivity index (χ2v) is 8.30. The number of pyridine rings is 1. The molecule has 4 aromatic rings. The van der Waals surface area contributed by atoms with Crippen molar-refractivity contribution in [2.45, 2.75) is 6.92 Å². The lowest BCUT2D eigenvalue weighted by atomic mass is 10.1. The third kappa shape index (κ3) is 4.83. The van der Waals surface area contributed by atoms with Gasteiger partial charge in [-0.2, -0.15) is 0 Å². The van der Waals surface area contributed by atoms with Crippen LogP contribution in [0, 0.1) is 0 Å². The largest absolute Gasteiger partial charge is 0.478 e. The van der Waals surface area contributed by atoms with Crippen LogP contribution in [0.1, 0.15) is 27.6 Å². The summed E-state index contributed by atoms with van der Waals surface area (Å²) >= 11 is 1.54. The van der Waals surface area contributed by atoms with Crippen LogP contribution in [0.4, 0.5) is 11.5 Å². The zero-order valence-corrected chi connectivity index (χ0v) is 18.4.